The standard InChI is InChI=1S/C15H21N3O3/c1-11-4-5-14(18(20)21)13(9-11)15(19)17-8-6-12-3-2-7-16-10-12/h4-5,9,12,16H,2-3,6-8,10H2,1H3,(H,17,19). The molecule has 21 heavy (non-hydrogen) atoms. The predicted octanol–water partition coefficient (Wildman–Crippen LogP) is 2.02. The molecule has 0 saturated carbocycles. The van der Waals surface area contributed by atoms with Crippen molar-refractivity contribution in [1.82, 2.24) is 10.6 Å². The minimum Gasteiger partial charge on any atom is -0.352 e. The van der Waals surface area contributed by atoms with Crippen LogP contribution in [0, 0.1) is 23.0 Å². The summed E-state index contributed by atoms with van der Waals surface area (Å²) in [4.78, 5) is 22.6. The molecule has 1 atom stereocenters. The molecule has 1 heterocycles. The lowest BCUT2D eigenvalue weighted by molar-refractivity contribution is -0.385. The van der Waals surface area contributed by atoms with Crippen LogP contribution in [0.15, 0.2) is 18.2 Å². The maximum absolute atomic E-state index is 12.1. The van der Waals surface area contributed by atoms with E-state index in [1.165, 1.54) is 18.9 Å². The minimum absolute atomic E-state index is 0.141. The van der Waals surface area contributed by atoms with E-state index in [9.17, 15) is 14.9 Å². The highest BCUT2D eigenvalue weighted by molar-refractivity contribution is 5.98. The summed E-state index contributed by atoms with van der Waals surface area (Å²) in [6, 6.07) is 4.59. The second-order valence-corrected chi connectivity index (χ2v) is 5.53. The van der Waals surface area contributed by atoms with Gasteiger partial charge in [0.2, 0.25) is 0 Å². The predicted molar refractivity (Wildman–Crippen MR) is 80.4 cm³/mol. The SMILES string of the molecule is Cc1ccc([N+](=O)[O-])c(C(=O)NCCC2CCCNC2)c1. The Morgan fingerprint density at radius 2 is 2.33 bits per heavy atom. The summed E-state index contributed by atoms with van der Waals surface area (Å²) in [6.45, 7) is 4.42. The number of benzene rings is 1. The van der Waals surface area contributed by atoms with E-state index in [1.807, 2.05) is 6.92 Å². The van der Waals surface area contributed by atoms with E-state index in [-0.39, 0.29) is 17.2 Å². The lowest BCUT2D eigenvalue weighted by atomic mass is 9.96. The molecule has 1 fully saturated rings. The summed E-state index contributed by atoms with van der Waals surface area (Å²) in [6.07, 6.45) is 3.24. The summed E-state index contributed by atoms with van der Waals surface area (Å²) in [7, 11) is 0. The van der Waals surface area contributed by atoms with E-state index in [1.54, 1.807) is 12.1 Å². The third-order valence-corrected chi connectivity index (χ3v) is 3.83. The highest BCUT2D eigenvalue weighted by Gasteiger charge is 2.20. The van der Waals surface area contributed by atoms with Crippen LogP contribution in [-0.4, -0.2) is 30.5 Å². The zero-order valence-electron chi connectivity index (χ0n) is 12.2. The molecule has 2 rings (SSSR count). The van der Waals surface area contributed by atoms with Crippen molar-refractivity contribution in [2.75, 3.05) is 19.6 Å². The Kier molecular flexibility index (Phi) is 5.27. The van der Waals surface area contributed by atoms with Crippen LogP contribution in [0.3, 0.4) is 0 Å². The third-order valence-electron chi connectivity index (χ3n) is 3.83. The molecule has 0 aliphatic carbocycles. The maximum atomic E-state index is 12.1. The first-order valence-electron chi connectivity index (χ1n) is 7.32. The molecule has 1 aromatic carbocycles. The van der Waals surface area contributed by atoms with Gasteiger partial charge >= 0.3 is 0 Å². The fraction of sp³-hybridized carbons (Fsp3) is 0.533. The van der Waals surface area contributed by atoms with Crippen LogP contribution in [0.1, 0.15) is 35.2 Å². The molecular weight excluding hydrogens is 270 g/mol. The van der Waals surface area contributed by atoms with Crippen LogP contribution in [-0.2, 0) is 0 Å². The highest BCUT2D eigenvalue weighted by atomic mass is 16.6. The topological polar surface area (TPSA) is 84.3 Å². The smallest absolute Gasteiger partial charge is 0.282 e. The average Bonchev–Trinajstić information content (AvgIpc) is 2.47. The average molecular weight is 291 g/mol. The number of nitrogens with zero attached hydrogens (tertiary/aromatic N) is 1. The van der Waals surface area contributed by atoms with Crippen LogP contribution in [0.25, 0.3) is 0 Å². The lowest BCUT2D eigenvalue weighted by Crippen LogP contribution is -2.33. The highest BCUT2D eigenvalue weighted by Crippen LogP contribution is 2.20. The third kappa shape index (κ3) is 4.26. The van der Waals surface area contributed by atoms with E-state index >= 15 is 0 Å². The molecule has 1 aromatic rings. The van der Waals surface area contributed by atoms with E-state index in [4.69, 9.17) is 0 Å². The number of aryl methyl sites for hydroxylation is 1. The molecule has 1 aliphatic heterocycles. The summed E-state index contributed by atoms with van der Waals surface area (Å²) < 4.78 is 0. The Bertz CT molecular complexity index is 525. The van der Waals surface area contributed by atoms with Gasteiger partial charge in [-0.3, -0.25) is 14.9 Å². The largest absolute Gasteiger partial charge is 0.352 e. The van der Waals surface area contributed by atoms with Crippen LogP contribution in [0.2, 0.25) is 0 Å². The number of nitrogens with one attached hydrogen (secondary N) is 2. The summed E-state index contributed by atoms with van der Waals surface area (Å²) in [5.41, 5.74) is 0.835. The van der Waals surface area contributed by atoms with Gasteiger partial charge in [0.15, 0.2) is 0 Å². The number of amides is 1. The van der Waals surface area contributed by atoms with Crippen molar-refractivity contribution in [1.29, 1.82) is 0 Å². The van der Waals surface area contributed by atoms with Crippen LogP contribution >= 0.6 is 0 Å². The number of carbonyl (C=O) groups excluding carboxylic acids is 1. The fourth-order valence-corrected chi connectivity index (χ4v) is 2.65. The molecule has 6 nitrogen and oxygen atoms in total. The van der Waals surface area contributed by atoms with Crippen LogP contribution in [0.5, 0.6) is 0 Å². The van der Waals surface area contributed by atoms with Gasteiger partial charge in [-0.1, -0.05) is 6.07 Å². The van der Waals surface area contributed by atoms with Crippen molar-refractivity contribution < 1.29 is 9.72 Å². The molecule has 0 aromatic heterocycles. The molecule has 0 spiro atoms. The summed E-state index contributed by atoms with van der Waals surface area (Å²) >= 11 is 0. The Morgan fingerprint density at radius 3 is 3.00 bits per heavy atom. The first-order valence-corrected chi connectivity index (χ1v) is 7.32. The summed E-state index contributed by atoms with van der Waals surface area (Å²) in [5.74, 6) is 0.209. The van der Waals surface area contributed by atoms with Crippen LogP contribution in [0.4, 0.5) is 5.69 Å². The van der Waals surface area contributed by atoms with Gasteiger partial charge in [0.25, 0.3) is 11.6 Å². The molecule has 1 amide bonds. The van der Waals surface area contributed by atoms with Crippen molar-refractivity contribution in [3.05, 3.63) is 39.4 Å². The second-order valence-electron chi connectivity index (χ2n) is 5.53. The molecule has 114 valence electrons. The minimum atomic E-state index is -0.514. The quantitative estimate of drug-likeness (QED) is 0.642. The maximum Gasteiger partial charge on any atom is 0.282 e. The fourth-order valence-electron chi connectivity index (χ4n) is 2.65. The zero-order chi connectivity index (χ0) is 15.2. The lowest BCUT2D eigenvalue weighted by Gasteiger charge is -2.22. The van der Waals surface area contributed by atoms with Crippen molar-refractivity contribution in [2.45, 2.75) is 26.2 Å². The van der Waals surface area contributed by atoms with Crippen molar-refractivity contribution in [3.63, 3.8) is 0 Å². The summed E-state index contributed by atoms with van der Waals surface area (Å²) in [5, 5.41) is 17.1. The van der Waals surface area contributed by atoms with Crippen molar-refractivity contribution in [2.24, 2.45) is 5.92 Å². The first-order chi connectivity index (χ1) is 10.1. The van der Waals surface area contributed by atoms with E-state index in [0.717, 1.165) is 25.1 Å². The Morgan fingerprint density at radius 1 is 1.52 bits per heavy atom. The number of hydrogen-bond donors (Lipinski definition) is 2. The normalized spacial score (nSPS) is 18.2. The first kappa shape index (κ1) is 15.4. The molecule has 2 N–H and O–H groups in total. The molecule has 1 unspecified atom stereocenters. The number of carbonyl (C=O) groups is 1. The molecule has 1 saturated heterocycles. The van der Waals surface area contributed by atoms with Gasteiger partial charge in [-0.15, -0.1) is 0 Å². The van der Waals surface area contributed by atoms with Crippen molar-refractivity contribution >= 4 is 11.6 Å². The van der Waals surface area contributed by atoms with Gasteiger partial charge in [-0.2, -0.15) is 0 Å². The van der Waals surface area contributed by atoms with Gasteiger partial charge in [0.1, 0.15) is 5.56 Å². The van der Waals surface area contributed by atoms with Gasteiger partial charge in [-0.05, 0) is 56.8 Å². The molecule has 1 aliphatic rings. The Labute approximate surface area is 124 Å². The van der Waals surface area contributed by atoms with Gasteiger partial charge < -0.3 is 10.6 Å². The number of rotatable bonds is 5. The Balaban J connectivity index is 1.93. The van der Waals surface area contributed by atoms with Gasteiger partial charge in [-0.25, -0.2) is 0 Å². The van der Waals surface area contributed by atoms with E-state index < -0.39 is 4.92 Å². The number of nitro benzene ring substituents is 1. The van der Waals surface area contributed by atoms with Crippen molar-refractivity contribution in [3.8, 4) is 0 Å². The molecular formula is C15H21N3O3. The number of piperidine rings is 1. The molecule has 0 bridgehead atoms. The van der Waals surface area contributed by atoms with Gasteiger partial charge in [0, 0.05) is 12.6 Å². The second kappa shape index (κ2) is 7.17. The number of hydrogen-bond acceptors (Lipinski definition) is 4. The molecule has 6 heteroatoms. The number of nitro groups is 1. The van der Waals surface area contributed by atoms with Crippen LogP contribution < -0.4 is 10.6 Å². The Hall–Kier alpha value is -1.95. The van der Waals surface area contributed by atoms with E-state index in [2.05, 4.69) is 10.6 Å². The van der Waals surface area contributed by atoms with E-state index in [0.29, 0.717) is 12.5 Å². The van der Waals surface area contributed by atoms with Gasteiger partial charge in [0.05, 0.1) is 4.92 Å². The molecule has 0 radical (unpaired) electrons. The zero-order valence-corrected chi connectivity index (χ0v) is 12.2. The monoisotopic (exact) mass is 291 g/mol.